The first-order valence-electron chi connectivity index (χ1n) is 5.91. The number of hydrogen-bond acceptors (Lipinski definition) is 4. The molecular weight excluding hydrogens is 262 g/mol. The number of benzene rings is 1. The molecule has 1 amide bonds. The third-order valence-electron chi connectivity index (χ3n) is 2.94. The van der Waals surface area contributed by atoms with Gasteiger partial charge in [0.1, 0.15) is 0 Å². The number of amides is 1. The number of rotatable bonds is 3. The lowest BCUT2D eigenvalue weighted by Crippen LogP contribution is -2.25. The third kappa shape index (κ3) is 2.42. The van der Waals surface area contributed by atoms with Crippen LogP contribution in [0.15, 0.2) is 35.7 Å². The van der Waals surface area contributed by atoms with Gasteiger partial charge in [-0.15, -0.1) is 11.3 Å². The smallest absolute Gasteiger partial charge is 0.254 e. The zero-order valence-electron chi connectivity index (χ0n) is 10.5. The van der Waals surface area contributed by atoms with Gasteiger partial charge >= 0.3 is 0 Å². The maximum atomic E-state index is 12.3. The molecular formula is C14H13NO3S. The maximum Gasteiger partial charge on any atom is 0.254 e. The molecule has 0 N–H and O–H groups in total. The fourth-order valence-electron chi connectivity index (χ4n) is 1.96. The van der Waals surface area contributed by atoms with Crippen LogP contribution in [0.5, 0.6) is 11.5 Å². The van der Waals surface area contributed by atoms with Crippen LogP contribution >= 0.6 is 11.3 Å². The van der Waals surface area contributed by atoms with Crippen LogP contribution in [0.2, 0.25) is 0 Å². The van der Waals surface area contributed by atoms with E-state index in [-0.39, 0.29) is 12.7 Å². The van der Waals surface area contributed by atoms with Crippen molar-refractivity contribution in [2.75, 3.05) is 13.8 Å². The van der Waals surface area contributed by atoms with E-state index >= 15 is 0 Å². The van der Waals surface area contributed by atoms with Gasteiger partial charge < -0.3 is 14.4 Å². The molecule has 5 heteroatoms. The van der Waals surface area contributed by atoms with Crippen molar-refractivity contribution in [2.45, 2.75) is 6.54 Å². The molecule has 0 fully saturated rings. The quantitative estimate of drug-likeness (QED) is 0.864. The van der Waals surface area contributed by atoms with E-state index in [1.54, 1.807) is 41.5 Å². The van der Waals surface area contributed by atoms with Crippen molar-refractivity contribution >= 4 is 17.2 Å². The molecule has 0 unspecified atom stereocenters. The van der Waals surface area contributed by atoms with Crippen molar-refractivity contribution in [2.24, 2.45) is 0 Å². The first-order valence-corrected chi connectivity index (χ1v) is 6.79. The van der Waals surface area contributed by atoms with Gasteiger partial charge in [0.25, 0.3) is 5.91 Å². The molecule has 2 aromatic rings. The molecule has 0 bridgehead atoms. The summed E-state index contributed by atoms with van der Waals surface area (Å²) in [5.74, 6) is 1.31. The number of carbonyl (C=O) groups excluding carboxylic acids is 1. The average Bonchev–Trinajstić information content (AvgIpc) is 3.07. The number of thiophene rings is 1. The van der Waals surface area contributed by atoms with Gasteiger partial charge in [-0.1, -0.05) is 6.07 Å². The van der Waals surface area contributed by atoms with E-state index in [0.29, 0.717) is 23.6 Å². The highest BCUT2D eigenvalue weighted by molar-refractivity contribution is 7.09. The zero-order valence-corrected chi connectivity index (χ0v) is 11.3. The highest BCUT2D eigenvalue weighted by Gasteiger charge is 2.18. The van der Waals surface area contributed by atoms with Crippen LogP contribution in [0.4, 0.5) is 0 Å². The van der Waals surface area contributed by atoms with Gasteiger partial charge in [-0.05, 0) is 29.6 Å². The molecule has 0 aliphatic carbocycles. The first kappa shape index (κ1) is 12.0. The number of ether oxygens (including phenoxy) is 2. The van der Waals surface area contributed by atoms with Crippen LogP contribution in [-0.4, -0.2) is 24.6 Å². The van der Waals surface area contributed by atoms with Crippen LogP contribution in [0, 0.1) is 0 Å². The summed E-state index contributed by atoms with van der Waals surface area (Å²) in [4.78, 5) is 15.2. The van der Waals surface area contributed by atoms with Gasteiger partial charge in [-0.2, -0.15) is 0 Å². The normalized spacial score (nSPS) is 12.5. The molecule has 1 aliphatic rings. The number of carbonyl (C=O) groups is 1. The molecule has 0 spiro atoms. The van der Waals surface area contributed by atoms with Crippen LogP contribution in [0.25, 0.3) is 0 Å². The van der Waals surface area contributed by atoms with E-state index in [1.165, 1.54) is 0 Å². The van der Waals surface area contributed by atoms with Crippen molar-refractivity contribution < 1.29 is 14.3 Å². The minimum Gasteiger partial charge on any atom is -0.454 e. The summed E-state index contributed by atoms with van der Waals surface area (Å²) in [6, 6.07) is 9.28. The first-order chi connectivity index (χ1) is 9.24. The molecule has 0 saturated carbocycles. The summed E-state index contributed by atoms with van der Waals surface area (Å²) in [5.41, 5.74) is 0.614. The molecule has 0 radical (unpaired) electrons. The fraction of sp³-hybridized carbons (Fsp3) is 0.214. The summed E-state index contributed by atoms with van der Waals surface area (Å²) in [5, 5.41) is 2.01. The Morgan fingerprint density at radius 2 is 2.16 bits per heavy atom. The largest absolute Gasteiger partial charge is 0.454 e. The van der Waals surface area contributed by atoms with E-state index in [4.69, 9.17) is 9.47 Å². The predicted molar refractivity (Wildman–Crippen MR) is 72.7 cm³/mol. The minimum absolute atomic E-state index is 0.0216. The van der Waals surface area contributed by atoms with Gasteiger partial charge in [0, 0.05) is 17.5 Å². The molecule has 19 heavy (non-hydrogen) atoms. The Kier molecular flexibility index (Phi) is 3.13. The highest BCUT2D eigenvalue weighted by atomic mass is 32.1. The topological polar surface area (TPSA) is 38.8 Å². The van der Waals surface area contributed by atoms with Gasteiger partial charge in [0.2, 0.25) is 6.79 Å². The van der Waals surface area contributed by atoms with E-state index < -0.39 is 0 Å². The Bertz CT molecular complexity index is 595. The molecule has 3 rings (SSSR count). The third-order valence-corrected chi connectivity index (χ3v) is 3.80. The summed E-state index contributed by atoms with van der Waals surface area (Å²) >= 11 is 1.65. The molecule has 4 nitrogen and oxygen atoms in total. The Morgan fingerprint density at radius 3 is 2.95 bits per heavy atom. The van der Waals surface area contributed by atoms with Gasteiger partial charge in [0.05, 0.1) is 6.54 Å². The second kappa shape index (κ2) is 4.93. The van der Waals surface area contributed by atoms with E-state index in [0.717, 1.165) is 4.88 Å². The Labute approximate surface area is 115 Å². The number of hydrogen-bond donors (Lipinski definition) is 0. The number of nitrogens with zero attached hydrogens (tertiary/aromatic N) is 1. The zero-order chi connectivity index (χ0) is 13.2. The Morgan fingerprint density at radius 1 is 1.32 bits per heavy atom. The highest BCUT2D eigenvalue weighted by Crippen LogP contribution is 2.32. The standard InChI is InChI=1S/C14H13NO3S/c1-15(8-11-3-2-6-19-11)14(16)10-4-5-12-13(7-10)18-9-17-12/h2-7H,8-9H2,1H3. The van der Waals surface area contributed by atoms with Gasteiger partial charge in [-0.3, -0.25) is 4.79 Å². The van der Waals surface area contributed by atoms with E-state index in [1.807, 2.05) is 17.5 Å². The summed E-state index contributed by atoms with van der Waals surface area (Å²) in [7, 11) is 1.80. The van der Waals surface area contributed by atoms with Crippen molar-refractivity contribution in [1.29, 1.82) is 0 Å². The van der Waals surface area contributed by atoms with Gasteiger partial charge in [-0.25, -0.2) is 0 Å². The average molecular weight is 275 g/mol. The summed E-state index contributed by atoms with van der Waals surface area (Å²) in [6.07, 6.45) is 0. The van der Waals surface area contributed by atoms with Crippen LogP contribution in [-0.2, 0) is 6.54 Å². The summed E-state index contributed by atoms with van der Waals surface area (Å²) < 4.78 is 10.5. The SMILES string of the molecule is CN(Cc1cccs1)C(=O)c1ccc2c(c1)OCO2. The lowest BCUT2D eigenvalue weighted by atomic mass is 10.2. The van der Waals surface area contributed by atoms with E-state index in [9.17, 15) is 4.79 Å². The maximum absolute atomic E-state index is 12.3. The second-order valence-corrected chi connectivity index (χ2v) is 5.34. The minimum atomic E-state index is -0.0216. The van der Waals surface area contributed by atoms with Crippen LogP contribution in [0.1, 0.15) is 15.2 Å². The molecule has 1 aliphatic heterocycles. The van der Waals surface area contributed by atoms with Crippen molar-refractivity contribution in [3.63, 3.8) is 0 Å². The lowest BCUT2D eigenvalue weighted by molar-refractivity contribution is 0.0786. The molecule has 0 saturated heterocycles. The molecule has 0 atom stereocenters. The molecule has 1 aromatic heterocycles. The Balaban J connectivity index is 1.76. The van der Waals surface area contributed by atoms with E-state index in [2.05, 4.69) is 0 Å². The van der Waals surface area contributed by atoms with Crippen molar-refractivity contribution in [1.82, 2.24) is 4.90 Å². The number of fused-ring (bicyclic) bond motifs is 1. The van der Waals surface area contributed by atoms with Crippen molar-refractivity contribution in [3.8, 4) is 11.5 Å². The van der Waals surface area contributed by atoms with Crippen LogP contribution < -0.4 is 9.47 Å². The molecule has 2 heterocycles. The monoisotopic (exact) mass is 275 g/mol. The Hall–Kier alpha value is -2.01. The molecule has 98 valence electrons. The lowest BCUT2D eigenvalue weighted by Gasteiger charge is -2.16. The predicted octanol–water partition coefficient (Wildman–Crippen LogP) is 2.75. The summed E-state index contributed by atoms with van der Waals surface area (Å²) in [6.45, 7) is 0.836. The van der Waals surface area contributed by atoms with Gasteiger partial charge in [0.15, 0.2) is 11.5 Å². The van der Waals surface area contributed by atoms with Crippen LogP contribution in [0.3, 0.4) is 0 Å². The fourth-order valence-corrected chi connectivity index (χ4v) is 2.72. The molecule has 1 aromatic carbocycles. The van der Waals surface area contributed by atoms with Crippen molar-refractivity contribution in [3.05, 3.63) is 46.2 Å². The second-order valence-electron chi connectivity index (χ2n) is 4.31.